The molecule has 8 heteroatoms. The van der Waals surface area contributed by atoms with Gasteiger partial charge in [0.2, 0.25) is 0 Å². The SMILES string of the molecule is CNCCCN(C)S(=O)(=O)NCc1scnc1C. The molecule has 104 valence electrons. The van der Waals surface area contributed by atoms with Crippen LogP contribution in [0.4, 0.5) is 0 Å². The Balaban J connectivity index is 2.46. The number of thiazole rings is 1. The largest absolute Gasteiger partial charge is 0.320 e. The second-order valence-electron chi connectivity index (χ2n) is 3.97. The van der Waals surface area contributed by atoms with Gasteiger partial charge < -0.3 is 5.32 Å². The third kappa shape index (κ3) is 4.62. The van der Waals surface area contributed by atoms with Crippen LogP contribution < -0.4 is 10.0 Å². The van der Waals surface area contributed by atoms with Crippen molar-refractivity contribution in [3.63, 3.8) is 0 Å². The molecule has 0 saturated heterocycles. The fraction of sp³-hybridized carbons (Fsp3) is 0.700. The van der Waals surface area contributed by atoms with E-state index in [4.69, 9.17) is 0 Å². The van der Waals surface area contributed by atoms with Gasteiger partial charge in [-0.15, -0.1) is 11.3 Å². The van der Waals surface area contributed by atoms with E-state index in [-0.39, 0.29) is 0 Å². The predicted molar refractivity (Wildman–Crippen MR) is 73.8 cm³/mol. The minimum Gasteiger partial charge on any atom is -0.320 e. The molecule has 18 heavy (non-hydrogen) atoms. The molecule has 0 bridgehead atoms. The van der Waals surface area contributed by atoms with Crippen molar-refractivity contribution < 1.29 is 8.42 Å². The van der Waals surface area contributed by atoms with Crippen molar-refractivity contribution in [2.24, 2.45) is 0 Å². The van der Waals surface area contributed by atoms with Crippen molar-refractivity contribution in [3.8, 4) is 0 Å². The predicted octanol–water partition coefficient (Wildman–Crippen LogP) is 0.327. The van der Waals surface area contributed by atoms with Crippen LogP contribution in [0.3, 0.4) is 0 Å². The average Bonchev–Trinajstić information content (AvgIpc) is 2.72. The second-order valence-corrected chi connectivity index (χ2v) is 6.77. The van der Waals surface area contributed by atoms with Crippen LogP contribution in [0, 0.1) is 6.92 Å². The molecular weight excluding hydrogens is 272 g/mol. The lowest BCUT2D eigenvalue weighted by atomic mass is 10.4. The molecule has 2 N–H and O–H groups in total. The van der Waals surface area contributed by atoms with Crippen molar-refractivity contribution in [1.29, 1.82) is 0 Å². The topological polar surface area (TPSA) is 74.3 Å². The van der Waals surface area contributed by atoms with E-state index >= 15 is 0 Å². The molecule has 0 amide bonds. The highest BCUT2D eigenvalue weighted by Gasteiger charge is 2.17. The summed E-state index contributed by atoms with van der Waals surface area (Å²) in [7, 11) is 0.0283. The Labute approximate surface area is 113 Å². The third-order valence-corrected chi connectivity index (χ3v) is 5.02. The number of aryl methyl sites for hydroxylation is 1. The van der Waals surface area contributed by atoms with Crippen LogP contribution >= 0.6 is 11.3 Å². The summed E-state index contributed by atoms with van der Waals surface area (Å²) in [5.74, 6) is 0. The minimum absolute atomic E-state index is 0.301. The molecule has 0 radical (unpaired) electrons. The van der Waals surface area contributed by atoms with Crippen LogP contribution in [-0.4, -0.2) is 44.9 Å². The monoisotopic (exact) mass is 292 g/mol. The fourth-order valence-corrected chi connectivity index (χ4v) is 3.09. The number of hydrogen-bond acceptors (Lipinski definition) is 5. The van der Waals surface area contributed by atoms with E-state index in [9.17, 15) is 8.42 Å². The average molecular weight is 292 g/mol. The zero-order chi connectivity index (χ0) is 13.6. The maximum Gasteiger partial charge on any atom is 0.279 e. The Morgan fingerprint density at radius 1 is 1.50 bits per heavy atom. The lowest BCUT2D eigenvalue weighted by Crippen LogP contribution is -2.38. The highest BCUT2D eigenvalue weighted by atomic mass is 32.2. The molecule has 0 fully saturated rings. The number of nitrogens with zero attached hydrogens (tertiary/aromatic N) is 2. The molecule has 0 aromatic carbocycles. The van der Waals surface area contributed by atoms with Crippen molar-refractivity contribution in [1.82, 2.24) is 19.3 Å². The number of rotatable bonds is 8. The van der Waals surface area contributed by atoms with Crippen LogP contribution in [0.5, 0.6) is 0 Å². The van der Waals surface area contributed by atoms with Crippen molar-refractivity contribution >= 4 is 21.5 Å². The third-order valence-electron chi connectivity index (χ3n) is 2.57. The summed E-state index contributed by atoms with van der Waals surface area (Å²) in [6, 6.07) is 0. The molecule has 0 aliphatic heterocycles. The van der Waals surface area contributed by atoms with Crippen LogP contribution in [0.25, 0.3) is 0 Å². The Kier molecular flexibility index (Phi) is 6.16. The summed E-state index contributed by atoms with van der Waals surface area (Å²) in [5, 5.41) is 2.99. The van der Waals surface area contributed by atoms with Gasteiger partial charge in [-0.2, -0.15) is 17.4 Å². The molecule has 1 aromatic rings. The van der Waals surface area contributed by atoms with E-state index in [0.29, 0.717) is 13.1 Å². The Morgan fingerprint density at radius 3 is 2.78 bits per heavy atom. The zero-order valence-corrected chi connectivity index (χ0v) is 12.6. The highest BCUT2D eigenvalue weighted by Crippen LogP contribution is 2.12. The molecule has 1 aromatic heterocycles. The smallest absolute Gasteiger partial charge is 0.279 e. The molecule has 1 rings (SSSR count). The molecule has 0 aliphatic rings. The van der Waals surface area contributed by atoms with Gasteiger partial charge in [-0.1, -0.05) is 0 Å². The van der Waals surface area contributed by atoms with Gasteiger partial charge in [-0.05, 0) is 26.9 Å². The van der Waals surface area contributed by atoms with Gasteiger partial charge in [0.25, 0.3) is 10.2 Å². The molecule has 1 heterocycles. The first-order valence-electron chi connectivity index (χ1n) is 5.72. The Bertz CT molecular complexity index is 458. The number of nitrogens with one attached hydrogen (secondary N) is 2. The minimum atomic E-state index is -3.40. The van der Waals surface area contributed by atoms with Gasteiger partial charge in [0.1, 0.15) is 0 Å². The molecule has 0 aliphatic carbocycles. The summed E-state index contributed by atoms with van der Waals surface area (Å²) in [6.45, 7) is 3.47. The Morgan fingerprint density at radius 2 is 2.22 bits per heavy atom. The maximum atomic E-state index is 11.9. The van der Waals surface area contributed by atoms with E-state index in [1.54, 1.807) is 12.6 Å². The standard InChI is InChI=1S/C10H20N4O2S2/c1-9-10(17-8-12-9)7-13-18(15,16)14(3)6-4-5-11-2/h8,11,13H,4-7H2,1-3H3. The quantitative estimate of drug-likeness (QED) is 0.677. The van der Waals surface area contributed by atoms with Gasteiger partial charge in [0, 0.05) is 25.0 Å². The normalized spacial score (nSPS) is 12.2. The lowest BCUT2D eigenvalue weighted by molar-refractivity contribution is 0.448. The number of hydrogen-bond donors (Lipinski definition) is 2. The summed E-state index contributed by atoms with van der Waals surface area (Å²) >= 11 is 1.46. The van der Waals surface area contributed by atoms with Gasteiger partial charge in [0.05, 0.1) is 11.2 Å². The number of aromatic nitrogens is 1. The van der Waals surface area contributed by atoms with Crippen molar-refractivity contribution in [2.45, 2.75) is 19.9 Å². The highest BCUT2D eigenvalue weighted by molar-refractivity contribution is 7.87. The lowest BCUT2D eigenvalue weighted by Gasteiger charge is -2.17. The first-order valence-corrected chi connectivity index (χ1v) is 8.04. The summed E-state index contributed by atoms with van der Waals surface area (Å²) in [5.41, 5.74) is 2.59. The maximum absolute atomic E-state index is 11.9. The first kappa shape index (κ1) is 15.5. The molecule has 0 saturated carbocycles. The van der Waals surface area contributed by atoms with Crippen molar-refractivity contribution in [3.05, 3.63) is 16.1 Å². The van der Waals surface area contributed by atoms with Crippen LogP contribution in [0.1, 0.15) is 17.0 Å². The van der Waals surface area contributed by atoms with E-state index < -0.39 is 10.2 Å². The van der Waals surface area contributed by atoms with E-state index in [2.05, 4.69) is 15.0 Å². The van der Waals surface area contributed by atoms with Crippen LogP contribution in [-0.2, 0) is 16.8 Å². The van der Waals surface area contributed by atoms with Crippen molar-refractivity contribution in [2.75, 3.05) is 27.2 Å². The van der Waals surface area contributed by atoms with Gasteiger partial charge in [-0.3, -0.25) is 0 Å². The summed E-state index contributed by atoms with van der Waals surface area (Å²) in [4.78, 5) is 5.03. The fourth-order valence-electron chi connectivity index (χ4n) is 1.36. The second kappa shape index (κ2) is 7.15. The summed E-state index contributed by atoms with van der Waals surface area (Å²) < 4.78 is 27.7. The molecule has 6 nitrogen and oxygen atoms in total. The van der Waals surface area contributed by atoms with E-state index in [1.807, 2.05) is 14.0 Å². The van der Waals surface area contributed by atoms with Gasteiger partial charge >= 0.3 is 0 Å². The molecule has 0 unspecified atom stereocenters. The molecular formula is C10H20N4O2S2. The van der Waals surface area contributed by atoms with E-state index in [0.717, 1.165) is 23.5 Å². The molecule has 0 atom stereocenters. The first-order chi connectivity index (χ1) is 8.47. The van der Waals surface area contributed by atoms with Gasteiger partial charge in [0.15, 0.2) is 0 Å². The van der Waals surface area contributed by atoms with E-state index in [1.165, 1.54) is 15.6 Å². The Hall–Kier alpha value is -0.540. The van der Waals surface area contributed by atoms with Gasteiger partial charge in [-0.25, -0.2) is 4.98 Å². The summed E-state index contributed by atoms with van der Waals surface area (Å²) in [6.07, 6.45) is 0.785. The van der Waals surface area contributed by atoms with Crippen LogP contribution in [0.2, 0.25) is 0 Å². The molecule has 0 spiro atoms. The zero-order valence-electron chi connectivity index (χ0n) is 10.9. The van der Waals surface area contributed by atoms with Crippen LogP contribution in [0.15, 0.2) is 5.51 Å².